The predicted molar refractivity (Wildman–Crippen MR) is 355 cm³/mol. The molecule has 0 aliphatic carbocycles. The Bertz CT molecular complexity index is 3730. The van der Waals surface area contributed by atoms with Crippen molar-refractivity contribution in [2.75, 3.05) is 80.1 Å². The summed E-state index contributed by atoms with van der Waals surface area (Å²) in [6.45, 7) is 20.6. The van der Waals surface area contributed by atoms with Crippen molar-refractivity contribution in [2.45, 2.75) is 106 Å². The number of fused-ring (bicyclic) bond motifs is 3. The van der Waals surface area contributed by atoms with Crippen LogP contribution in [0, 0.1) is 23.2 Å². The van der Waals surface area contributed by atoms with E-state index in [0.29, 0.717) is 52.0 Å². The van der Waals surface area contributed by atoms with Gasteiger partial charge in [0.1, 0.15) is 36.4 Å². The van der Waals surface area contributed by atoms with E-state index in [-0.39, 0.29) is 46.4 Å². The average Bonchev–Trinajstić information content (AvgIpc) is 3.63. The van der Waals surface area contributed by atoms with Crippen LogP contribution in [0.15, 0.2) is 66.8 Å². The lowest BCUT2D eigenvalue weighted by atomic mass is 9.92. The molecule has 25 heteroatoms. The van der Waals surface area contributed by atoms with Crippen LogP contribution in [-0.2, 0) is 4.79 Å². The van der Waals surface area contributed by atoms with Crippen molar-refractivity contribution >= 4 is 146 Å². The van der Waals surface area contributed by atoms with Gasteiger partial charge in [-0.25, -0.2) is 29.9 Å². The first kappa shape index (κ1) is 65.3. The Morgan fingerprint density at radius 3 is 1.15 bits per heavy atom. The molecule has 0 aromatic carbocycles. The summed E-state index contributed by atoms with van der Waals surface area (Å²) in [6, 6.07) is 12.7. The highest BCUT2D eigenvalue weighted by Gasteiger charge is 2.28. The lowest BCUT2D eigenvalue weighted by Crippen LogP contribution is -2.38. The fourth-order valence-electron chi connectivity index (χ4n) is 10.9. The maximum atomic E-state index is 12.4. The van der Waals surface area contributed by atoms with Crippen LogP contribution in [0.25, 0.3) is 30.6 Å². The van der Waals surface area contributed by atoms with Crippen LogP contribution in [0.3, 0.4) is 0 Å². The number of Topliss-reactive ketones (excluding diaryl/α,β-unsaturated/α-hetero) is 3. The lowest BCUT2D eigenvalue weighted by molar-refractivity contribution is -0.128. The normalized spacial score (nSPS) is 15.1. The van der Waals surface area contributed by atoms with Crippen molar-refractivity contribution in [1.29, 1.82) is 0 Å². The summed E-state index contributed by atoms with van der Waals surface area (Å²) < 4.78 is 2.96. The minimum Gasteiger partial charge on any atom is -0.356 e. The van der Waals surface area contributed by atoms with Gasteiger partial charge in [0.2, 0.25) is 5.91 Å². The van der Waals surface area contributed by atoms with E-state index in [1.807, 2.05) is 63.4 Å². The molecule has 88 heavy (non-hydrogen) atoms. The highest BCUT2D eigenvalue weighted by atomic mass is 32.1. The van der Waals surface area contributed by atoms with Gasteiger partial charge in [-0.3, -0.25) is 33.6 Å². The molecule has 466 valence electrons. The zero-order chi connectivity index (χ0) is 62.5. The molecule has 0 saturated carbocycles. The number of aromatic nitrogens is 6. The summed E-state index contributed by atoms with van der Waals surface area (Å²) in [4.78, 5) is 121. The molecular weight excluding hydrogens is 1210 g/mol. The van der Waals surface area contributed by atoms with E-state index in [1.54, 1.807) is 51.9 Å². The molecule has 3 fully saturated rings. The third kappa shape index (κ3) is 16.9. The van der Waals surface area contributed by atoms with E-state index in [1.165, 1.54) is 56.7 Å². The number of carbonyl (C=O) groups excluding carboxylic acids is 7. The summed E-state index contributed by atoms with van der Waals surface area (Å²) in [7, 11) is 0. The number of carbonyl (C=O) groups is 7. The monoisotopic (exact) mass is 1290 g/mol. The lowest BCUT2D eigenvalue weighted by Gasteiger charge is -2.33. The molecular formula is C63H77N13O7S5. The number of nitrogens with zero attached hydrogens (tertiary/aromatic N) is 9. The van der Waals surface area contributed by atoms with E-state index in [9.17, 15) is 33.6 Å². The number of ketones is 3. The molecule has 0 atom stereocenters. The molecule has 0 unspecified atom stereocenters. The first-order chi connectivity index (χ1) is 42.3. The molecule has 3 saturated heterocycles. The molecule has 8 aromatic heterocycles. The topological polar surface area (TPSA) is 255 Å². The molecule has 8 aromatic rings. The minimum atomic E-state index is -0.332. The third-order valence-electron chi connectivity index (χ3n) is 16.0. The van der Waals surface area contributed by atoms with Crippen molar-refractivity contribution < 1.29 is 33.6 Å². The van der Waals surface area contributed by atoms with Gasteiger partial charge in [-0.05, 0) is 145 Å². The summed E-state index contributed by atoms with van der Waals surface area (Å²) in [6.07, 6.45) is 14.0. The Balaban J connectivity index is 0.000000158. The van der Waals surface area contributed by atoms with Crippen molar-refractivity contribution in [2.24, 2.45) is 23.2 Å². The SMILES string of the molecule is CC(=O)c1cc2ncnc(N3CCC(CCNC(=O)C(C)(C)C)CC3)c2s1.CC(=O)c1cc2ncnc(N3CCC(CCNC(=O)c4cccs4)CC3)c2s1.CCNC(=O)c1ccc(C(=O)NCCC2CCN(c3ncnc4cc(C(C)=O)sc34)CC2)s1. The van der Waals surface area contributed by atoms with Gasteiger partial charge in [0.05, 0.1) is 59.9 Å². The fourth-order valence-corrected chi connectivity index (χ4v) is 15.4. The van der Waals surface area contributed by atoms with Crippen LogP contribution in [0.5, 0.6) is 0 Å². The third-order valence-corrected chi connectivity index (χ3v) is 21.6. The van der Waals surface area contributed by atoms with Crippen molar-refractivity contribution in [3.8, 4) is 0 Å². The van der Waals surface area contributed by atoms with Gasteiger partial charge in [0, 0.05) is 70.9 Å². The summed E-state index contributed by atoms with van der Waals surface area (Å²) in [5.41, 5.74) is 2.19. The average molecular weight is 1290 g/mol. The predicted octanol–water partition coefficient (Wildman–Crippen LogP) is 11.4. The van der Waals surface area contributed by atoms with E-state index < -0.39 is 0 Å². The summed E-state index contributed by atoms with van der Waals surface area (Å²) >= 11 is 7.10. The van der Waals surface area contributed by atoms with Crippen LogP contribution >= 0.6 is 56.7 Å². The van der Waals surface area contributed by atoms with Crippen molar-refractivity contribution in [1.82, 2.24) is 51.2 Å². The quantitative estimate of drug-likeness (QED) is 0.0549. The van der Waals surface area contributed by atoms with Gasteiger partial charge >= 0.3 is 0 Å². The molecule has 11 rings (SSSR count). The number of hydrogen-bond acceptors (Lipinski definition) is 21. The Morgan fingerprint density at radius 1 is 0.466 bits per heavy atom. The van der Waals surface area contributed by atoms with Gasteiger partial charge in [-0.1, -0.05) is 26.8 Å². The second kappa shape index (κ2) is 30.3. The summed E-state index contributed by atoms with van der Waals surface area (Å²) in [5.74, 6) is 4.59. The Labute approximate surface area is 532 Å². The summed E-state index contributed by atoms with van der Waals surface area (Å²) in [5, 5.41) is 13.7. The van der Waals surface area contributed by atoms with Crippen LogP contribution in [0.2, 0.25) is 0 Å². The molecule has 3 aliphatic heterocycles. The van der Waals surface area contributed by atoms with Gasteiger partial charge in [0.25, 0.3) is 17.7 Å². The highest BCUT2D eigenvalue weighted by Crippen LogP contribution is 2.37. The Kier molecular flexibility index (Phi) is 22.5. The van der Waals surface area contributed by atoms with Crippen molar-refractivity contribution in [3.63, 3.8) is 0 Å². The molecule has 3 aliphatic rings. The Hall–Kier alpha value is -7.19. The smallest absolute Gasteiger partial charge is 0.261 e. The molecule has 4 amide bonds. The minimum absolute atomic E-state index is 0.0229. The largest absolute Gasteiger partial charge is 0.356 e. The second-order valence-electron chi connectivity index (χ2n) is 23.4. The number of piperidine rings is 3. The highest BCUT2D eigenvalue weighted by molar-refractivity contribution is 7.22. The van der Waals surface area contributed by atoms with E-state index in [2.05, 4.69) is 65.9 Å². The zero-order valence-electron chi connectivity index (χ0n) is 50.9. The number of anilines is 3. The molecule has 4 N–H and O–H groups in total. The van der Waals surface area contributed by atoms with Crippen LogP contribution in [0.4, 0.5) is 17.5 Å². The number of nitrogens with one attached hydrogen (secondary N) is 4. The van der Waals surface area contributed by atoms with Crippen LogP contribution in [-0.4, -0.2) is 136 Å². The van der Waals surface area contributed by atoms with Gasteiger partial charge in [-0.2, -0.15) is 0 Å². The number of hydrogen-bond donors (Lipinski definition) is 4. The first-order valence-corrected chi connectivity index (χ1v) is 34.2. The molecule has 0 bridgehead atoms. The molecule has 11 heterocycles. The first-order valence-electron chi connectivity index (χ1n) is 30.1. The van der Waals surface area contributed by atoms with Crippen LogP contribution in [0.1, 0.15) is 164 Å². The number of amides is 4. The van der Waals surface area contributed by atoms with E-state index >= 15 is 0 Å². The van der Waals surface area contributed by atoms with Gasteiger partial charge in [0.15, 0.2) is 17.3 Å². The number of rotatable bonds is 19. The maximum absolute atomic E-state index is 12.4. The van der Waals surface area contributed by atoms with Crippen molar-refractivity contribution in [3.05, 3.63) is 96.1 Å². The van der Waals surface area contributed by atoms with E-state index in [0.717, 1.165) is 166 Å². The second-order valence-corrected chi connectivity index (χ2v) is 28.6. The molecule has 0 radical (unpaired) electrons. The van der Waals surface area contributed by atoms with E-state index in [4.69, 9.17) is 0 Å². The van der Waals surface area contributed by atoms with Gasteiger partial charge in [-0.15, -0.1) is 56.7 Å². The Morgan fingerprint density at radius 2 is 0.818 bits per heavy atom. The zero-order valence-corrected chi connectivity index (χ0v) is 55.0. The maximum Gasteiger partial charge on any atom is 0.261 e. The van der Waals surface area contributed by atoms with Gasteiger partial charge < -0.3 is 36.0 Å². The number of thiophene rings is 5. The molecule has 0 spiro atoms. The fraction of sp³-hybridized carbons (Fsp3) is 0.476. The molecule has 20 nitrogen and oxygen atoms in total. The van der Waals surface area contributed by atoms with Crippen LogP contribution < -0.4 is 36.0 Å². The standard InChI is InChI=1S/C23H27N5O3S2.C20H22N4O2S2.C20H28N4O2S/c1-3-24-22(30)17-4-5-18(32-17)23(31)25-9-6-15-7-10-28(11-8-15)21-20-16(26-13-27-21)12-19(33-20)14(2)29;1-13(25)17-11-15-18(28-17)19(23-12-22-15)24-8-5-14(6-9-24)4-7-21-20(26)16-3-2-10-27-16;1-13(25)16-11-15-17(27-16)18(23-12-22-15)24-9-6-14(7-10-24)5-8-21-19(26)20(2,3)4/h4-5,12-13,15H,3,6-11H2,1-2H3,(H,24,30)(H,25,31);2-3,10-12,14H,4-9H2,1H3,(H,21,26);11-12,14H,5-10H2,1-4H3,(H,21,26).